The van der Waals surface area contributed by atoms with Crippen LogP contribution in [0.3, 0.4) is 0 Å². The molecule has 128 valence electrons. The molecule has 8 nitrogen and oxygen atoms in total. The Hall–Kier alpha value is -2.87. The van der Waals surface area contributed by atoms with Crippen molar-refractivity contribution in [3.05, 3.63) is 36.0 Å². The highest BCUT2D eigenvalue weighted by Gasteiger charge is 2.23. The largest absolute Gasteiger partial charge is 0.480 e. The molecule has 8 heteroatoms. The van der Waals surface area contributed by atoms with Crippen LogP contribution in [0.1, 0.15) is 18.4 Å². The predicted molar refractivity (Wildman–Crippen MR) is 85.1 cm³/mol. The van der Waals surface area contributed by atoms with Crippen LogP contribution >= 0.6 is 0 Å². The number of H-pyrrole nitrogens is 1. The number of carboxylic acid groups (broad SMARTS) is 2. The van der Waals surface area contributed by atoms with Crippen molar-refractivity contribution in [1.29, 1.82) is 0 Å². The minimum absolute atomic E-state index is 0.0561. The summed E-state index contributed by atoms with van der Waals surface area (Å²) in [5, 5.41) is 21.4. The fourth-order valence-electron chi connectivity index (χ4n) is 2.42. The lowest BCUT2D eigenvalue weighted by Crippen LogP contribution is -2.65. The van der Waals surface area contributed by atoms with Crippen molar-refractivity contribution in [3.63, 3.8) is 0 Å². The van der Waals surface area contributed by atoms with Crippen molar-refractivity contribution >= 4 is 28.7 Å². The van der Waals surface area contributed by atoms with Gasteiger partial charge in [-0.15, -0.1) is 0 Å². The molecule has 7 N–H and O–H groups in total. The van der Waals surface area contributed by atoms with Crippen molar-refractivity contribution in [2.24, 2.45) is 0 Å². The molecule has 0 aliphatic heterocycles. The van der Waals surface area contributed by atoms with Gasteiger partial charge in [-0.25, -0.2) is 9.59 Å². The molecule has 0 fully saturated rings. The zero-order valence-electron chi connectivity index (χ0n) is 13.0. The summed E-state index contributed by atoms with van der Waals surface area (Å²) in [5.41, 5.74) is 5.10. The molecule has 0 unspecified atom stereocenters. The Bertz CT molecular complexity index is 755. The Labute approximate surface area is 137 Å². The number of carboxylic acids is 2. The van der Waals surface area contributed by atoms with Crippen LogP contribution in [-0.2, 0) is 20.8 Å². The number of carbonyl (C=O) groups is 3. The van der Waals surface area contributed by atoms with Gasteiger partial charge in [0.2, 0.25) is 5.91 Å². The van der Waals surface area contributed by atoms with E-state index in [-0.39, 0.29) is 19.3 Å². The number of para-hydroxylation sites is 1. The van der Waals surface area contributed by atoms with Gasteiger partial charge in [0, 0.05) is 36.4 Å². The number of hydrogen-bond donors (Lipinski definition) is 5. The number of carbonyl (C=O) groups excluding carboxylic acids is 1. The van der Waals surface area contributed by atoms with Gasteiger partial charge < -0.3 is 26.2 Å². The first kappa shape index (κ1) is 17.5. The number of aromatic amines is 1. The topological polar surface area (TPSA) is 147 Å². The highest BCUT2D eigenvalue weighted by Crippen LogP contribution is 2.19. The number of hydrogen-bond acceptors (Lipinski definition) is 3. The van der Waals surface area contributed by atoms with Crippen LogP contribution in [0.4, 0.5) is 0 Å². The highest BCUT2D eigenvalue weighted by atomic mass is 16.4. The van der Waals surface area contributed by atoms with Gasteiger partial charge in [-0.05, 0) is 11.6 Å². The molecule has 2 aromatic rings. The number of fused-ring (bicyclic) bond motifs is 1. The molecule has 0 spiro atoms. The first-order chi connectivity index (χ1) is 11.4. The van der Waals surface area contributed by atoms with E-state index in [0.29, 0.717) is 0 Å². The summed E-state index contributed by atoms with van der Waals surface area (Å²) in [6.45, 7) is 0. The van der Waals surface area contributed by atoms with Gasteiger partial charge >= 0.3 is 11.9 Å². The van der Waals surface area contributed by atoms with Crippen LogP contribution in [0.15, 0.2) is 30.5 Å². The van der Waals surface area contributed by atoms with E-state index in [1.807, 2.05) is 24.3 Å². The van der Waals surface area contributed by atoms with E-state index in [9.17, 15) is 19.5 Å². The third-order valence-corrected chi connectivity index (χ3v) is 3.80. The van der Waals surface area contributed by atoms with E-state index in [4.69, 9.17) is 5.11 Å². The summed E-state index contributed by atoms with van der Waals surface area (Å²) < 4.78 is 0. The van der Waals surface area contributed by atoms with Crippen LogP contribution < -0.4 is 11.1 Å². The second-order valence-electron chi connectivity index (χ2n) is 5.60. The van der Waals surface area contributed by atoms with Crippen LogP contribution in [0.2, 0.25) is 0 Å². The minimum atomic E-state index is -1.14. The van der Waals surface area contributed by atoms with Crippen molar-refractivity contribution in [2.45, 2.75) is 31.3 Å². The van der Waals surface area contributed by atoms with Crippen molar-refractivity contribution in [3.8, 4) is 0 Å². The second kappa shape index (κ2) is 7.60. The Morgan fingerprint density at radius 2 is 1.88 bits per heavy atom. The average Bonchev–Trinajstić information content (AvgIpc) is 2.95. The van der Waals surface area contributed by atoms with Gasteiger partial charge in [0.05, 0.1) is 0 Å². The standard InChI is InChI=1S/C16H19N3O5/c17-11(15(21)22)5-6-14(20)19-13(16(23)24)7-9-8-18-12-4-2-1-3-10(9)12/h1-4,8,11,13,18H,5-7,17H2,(H,19,20)(H,21,22)(H,23,24)/p+1/t11-,13-/m1/s1. The van der Waals surface area contributed by atoms with Gasteiger partial charge in [0.15, 0.2) is 6.04 Å². The fraction of sp³-hybridized carbons (Fsp3) is 0.312. The molecule has 1 aromatic carbocycles. The maximum Gasteiger partial charge on any atom is 0.362 e. The Morgan fingerprint density at radius 3 is 2.54 bits per heavy atom. The highest BCUT2D eigenvalue weighted by molar-refractivity contribution is 5.86. The number of rotatable bonds is 8. The van der Waals surface area contributed by atoms with Gasteiger partial charge in [-0.1, -0.05) is 18.2 Å². The number of nitrogens with one attached hydrogen (secondary N) is 2. The van der Waals surface area contributed by atoms with Gasteiger partial charge in [-0.2, -0.15) is 0 Å². The van der Waals surface area contributed by atoms with E-state index in [0.717, 1.165) is 16.5 Å². The molecule has 1 aromatic heterocycles. The Kier molecular flexibility index (Phi) is 5.54. The van der Waals surface area contributed by atoms with Crippen molar-refractivity contribution in [1.82, 2.24) is 10.3 Å². The molecule has 0 saturated heterocycles. The van der Waals surface area contributed by atoms with Gasteiger partial charge in [0.1, 0.15) is 6.04 Å². The number of amides is 1. The summed E-state index contributed by atoms with van der Waals surface area (Å²) in [4.78, 5) is 37.0. The van der Waals surface area contributed by atoms with Gasteiger partial charge in [0.25, 0.3) is 0 Å². The minimum Gasteiger partial charge on any atom is -0.480 e. The van der Waals surface area contributed by atoms with Crippen LogP contribution in [0.25, 0.3) is 10.9 Å². The average molecular weight is 334 g/mol. The van der Waals surface area contributed by atoms with Crippen LogP contribution in [0.5, 0.6) is 0 Å². The molecule has 0 aliphatic rings. The van der Waals surface area contributed by atoms with Gasteiger partial charge in [-0.3, -0.25) is 4.79 Å². The third kappa shape index (κ3) is 4.32. The number of benzene rings is 1. The maximum atomic E-state index is 11.9. The first-order valence-electron chi connectivity index (χ1n) is 7.51. The summed E-state index contributed by atoms with van der Waals surface area (Å²) in [5.74, 6) is -2.73. The van der Waals surface area contributed by atoms with Crippen molar-refractivity contribution < 1.29 is 30.3 Å². The lowest BCUT2D eigenvalue weighted by atomic mass is 10.0. The number of aromatic nitrogens is 1. The number of quaternary nitrogens is 1. The van der Waals surface area contributed by atoms with E-state index in [1.54, 1.807) is 6.20 Å². The lowest BCUT2D eigenvalue weighted by molar-refractivity contribution is -0.408. The zero-order valence-corrected chi connectivity index (χ0v) is 13.0. The van der Waals surface area contributed by atoms with E-state index < -0.39 is 29.9 Å². The third-order valence-electron chi connectivity index (χ3n) is 3.80. The second-order valence-corrected chi connectivity index (χ2v) is 5.60. The molecule has 0 bridgehead atoms. The summed E-state index contributed by atoms with van der Waals surface area (Å²) in [6, 6.07) is 5.51. The van der Waals surface area contributed by atoms with E-state index in [1.165, 1.54) is 0 Å². The summed E-state index contributed by atoms with van der Waals surface area (Å²) in [6.07, 6.45) is 1.83. The van der Waals surface area contributed by atoms with Crippen LogP contribution in [0, 0.1) is 0 Å². The first-order valence-corrected chi connectivity index (χ1v) is 7.51. The lowest BCUT2D eigenvalue weighted by Gasteiger charge is -2.14. The summed E-state index contributed by atoms with van der Waals surface area (Å²) in [7, 11) is 0. The zero-order chi connectivity index (χ0) is 17.7. The normalized spacial score (nSPS) is 13.4. The Balaban J connectivity index is 2.01. The molecule has 0 radical (unpaired) electrons. The smallest absolute Gasteiger partial charge is 0.362 e. The molecule has 2 rings (SSSR count). The molecular weight excluding hydrogens is 314 g/mol. The molecule has 0 aliphatic carbocycles. The molecule has 1 heterocycles. The molecule has 0 saturated carbocycles. The monoisotopic (exact) mass is 334 g/mol. The van der Waals surface area contributed by atoms with E-state index in [2.05, 4.69) is 16.0 Å². The van der Waals surface area contributed by atoms with Crippen molar-refractivity contribution in [2.75, 3.05) is 0 Å². The van der Waals surface area contributed by atoms with E-state index >= 15 is 0 Å². The maximum absolute atomic E-state index is 11.9. The molecule has 2 atom stereocenters. The SMILES string of the molecule is [NH3+][C@H](CCC(=O)N[C@H](Cc1c[nH]c2ccccc12)C(=O)O)C(=O)O. The Morgan fingerprint density at radius 1 is 1.17 bits per heavy atom. The molecule has 24 heavy (non-hydrogen) atoms. The fourth-order valence-corrected chi connectivity index (χ4v) is 2.42. The molecule has 1 amide bonds. The molecular formula is C16H20N3O5+. The quantitative estimate of drug-likeness (QED) is 0.452. The summed E-state index contributed by atoms with van der Waals surface area (Å²) >= 11 is 0. The predicted octanol–water partition coefficient (Wildman–Crippen LogP) is -0.245. The number of aliphatic carboxylic acids is 2. The van der Waals surface area contributed by atoms with Crippen LogP contribution in [-0.4, -0.2) is 45.1 Å².